The Morgan fingerprint density at radius 2 is 2.05 bits per heavy atom. The van der Waals surface area contributed by atoms with Crippen LogP contribution in [0.5, 0.6) is 0 Å². The van der Waals surface area contributed by atoms with Crippen LogP contribution in [0.25, 0.3) is 0 Å². The molecule has 1 heterocycles. The number of pyridine rings is 1. The molecule has 3 N–H and O–H groups in total. The first-order valence-electron chi connectivity index (χ1n) is 7.12. The lowest BCUT2D eigenvalue weighted by Gasteiger charge is -2.28. The lowest BCUT2D eigenvalue weighted by molar-refractivity contribution is -0.127. The van der Waals surface area contributed by atoms with Gasteiger partial charge in [0.1, 0.15) is 0 Å². The molecule has 19 heavy (non-hydrogen) atoms. The van der Waals surface area contributed by atoms with Crippen LogP contribution < -0.4 is 11.1 Å². The average molecular weight is 259 g/mol. The number of rotatable bonds is 3. The molecule has 1 aromatic heterocycles. The second kappa shape index (κ2) is 4.93. The van der Waals surface area contributed by atoms with E-state index in [-0.39, 0.29) is 23.9 Å². The Balaban J connectivity index is 1.66. The van der Waals surface area contributed by atoms with Gasteiger partial charge in [0.2, 0.25) is 5.91 Å². The molecule has 0 aromatic carbocycles. The van der Waals surface area contributed by atoms with Gasteiger partial charge in [0.05, 0.1) is 12.0 Å². The van der Waals surface area contributed by atoms with Crippen LogP contribution in [0.2, 0.25) is 0 Å². The van der Waals surface area contributed by atoms with E-state index in [2.05, 4.69) is 10.3 Å². The Hall–Kier alpha value is -1.42. The Morgan fingerprint density at radius 1 is 1.37 bits per heavy atom. The number of nitrogens with one attached hydrogen (secondary N) is 1. The maximum absolute atomic E-state index is 12.4. The minimum absolute atomic E-state index is 0.0156. The first-order chi connectivity index (χ1) is 9.16. The SMILES string of the molecule is C[C@@H](NC(=O)C1C2CCC(C2)C1N)c1ccncc1. The van der Waals surface area contributed by atoms with Crippen molar-refractivity contribution in [3.05, 3.63) is 30.1 Å². The van der Waals surface area contributed by atoms with Crippen LogP contribution in [0.4, 0.5) is 0 Å². The third-order valence-corrected chi connectivity index (χ3v) is 4.85. The van der Waals surface area contributed by atoms with Gasteiger partial charge in [0.25, 0.3) is 0 Å². The summed E-state index contributed by atoms with van der Waals surface area (Å²) >= 11 is 0. The smallest absolute Gasteiger partial charge is 0.225 e. The van der Waals surface area contributed by atoms with Crippen molar-refractivity contribution >= 4 is 5.91 Å². The highest BCUT2D eigenvalue weighted by Gasteiger charge is 2.49. The fourth-order valence-electron chi connectivity index (χ4n) is 3.77. The lowest BCUT2D eigenvalue weighted by atomic mass is 9.84. The molecule has 102 valence electrons. The zero-order valence-electron chi connectivity index (χ0n) is 11.3. The first kappa shape index (κ1) is 12.6. The third kappa shape index (κ3) is 2.25. The number of hydrogen-bond donors (Lipinski definition) is 2. The molecule has 4 unspecified atom stereocenters. The minimum atomic E-state index is 0.0156. The van der Waals surface area contributed by atoms with E-state index in [9.17, 15) is 4.79 Å². The molecule has 2 fully saturated rings. The number of aromatic nitrogens is 1. The number of fused-ring (bicyclic) bond motifs is 2. The molecule has 1 amide bonds. The number of carbonyl (C=O) groups excluding carboxylic acids is 1. The Morgan fingerprint density at radius 3 is 2.68 bits per heavy atom. The highest BCUT2D eigenvalue weighted by atomic mass is 16.2. The third-order valence-electron chi connectivity index (χ3n) is 4.85. The van der Waals surface area contributed by atoms with Crippen molar-refractivity contribution in [2.75, 3.05) is 0 Å². The minimum Gasteiger partial charge on any atom is -0.349 e. The molecule has 0 aliphatic heterocycles. The molecule has 2 aliphatic rings. The molecule has 5 atom stereocenters. The van der Waals surface area contributed by atoms with Crippen molar-refractivity contribution in [1.29, 1.82) is 0 Å². The van der Waals surface area contributed by atoms with Crippen molar-refractivity contribution in [3.63, 3.8) is 0 Å². The van der Waals surface area contributed by atoms with Crippen molar-refractivity contribution in [1.82, 2.24) is 10.3 Å². The van der Waals surface area contributed by atoms with Gasteiger partial charge in [-0.15, -0.1) is 0 Å². The van der Waals surface area contributed by atoms with Crippen molar-refractivity contribution in [2.24, 2.45) is 23.5 Å². The van der Waals surface area contributed by atoms with Gasteiger partial charge in [-0.2, -0.15) is 0 Å². The van der Waals surface area contributed by atoms with Crippen LogP contribution in [0, 0.1) is 17.8 Å². The van der Waals surface area contributed by atoms with E-state index in [4.69, 9.17) is 5.73 Å². The predicted octanol–water partition coefficient (Wildman–Crippen LogP) is 1.63. The molecule has 4 nitrogen and oxygen atoms in total. The van der Waals surface area contributed by atoms with E-state index < -0.39 is 0 Å². The first-order valence-corrected chi connectivity index (χ1v) is 7.12. The van der Waals surface area contributed by atoms with E-state index >= 15 is 0 Å². The standard InChI is InChI=1S/C15H21N3O/c1-9(10-4-6-17-7-5-10)18-15(19)13-11-2-3-12(8-11)14(13)16/h4-7,9,11-14H,2-3,8,16H2,1H3,(H,18,19)/t9-,11?,12?,13?,14?/m1/s1. The summed E-state index contributed by atoms with van der Waals surface area (Å²) < 4.78 is 0. The molecule has 2 bridgehead atoms. The van der Waals surface area contributed by atoms with E-state index in [1.807, 2.05) is 19.1 Å². The largest absolute Gasteiger partial charge is 0.349 e. The summed E-state index contributed by atoms with van der Waals surface area (Å²) in [6.07, 6.45) is 7.01. The summed E-state index contributed by atoms with van der Waals surface area (Å²) in [5.41, 5.74) is 7.29. The van der Waals surface area contributed by atoms with E-state index in [1.165, 1.54) is 12.8 Å². The van der Waals surface area contributed by atoms with Gasteiger partial charge < -0.3 is 11.1 Å². The summed E-state index contributed by atoms with van der Waals surface area (Å²) in [6.45, 7) is 2.01. The zero-order valence-corrected chi connectivity index (χ0v) is 11.3. The van der Waals surface area contributed by atoms with Crippen molar-refractivity contribution in [3.8, 4) is 0 Å². The molecule has 0 saturated heterocycles. The van der Waals surface area contributed by atoms with Crippen LogP contribution >= 0.6 is 0 Å². The summed E-state index contributed by atoms with van der Waals surface area (Å²) in [7, 11) is 0. The molecule has 2 aliphatic carbocycles. The van der Waals surface area contributed by atoms with E-state index in [0.717, 1.165) is 12.0 Å². The number of hydrogen-bond acceptors (Lipinski definition) is 3. The molecule has 1 aromatic rings. The van der Waals surface area contributed by atoms with Gasteiger partial charge >= 0.3 is 0 Å². The topological polar surface area (TPSA) is 68.0 Å². The Bertz CT molecular complexity index is 460. The second-order valence-electron chi connectivity index (χ2n) is 5.95. The highest BCUT2D eigenvalue weighted by molar-refractivity contribution is 5.80. The maximum atomic E-state index is 12.4. The molecule has 3 rings (SSSR count). The lowest BCUT2D eigenvalue weighted by Crippen LogP contribution is -2.45. The van der Waals surface area contributed by atoms with Crippen LogP contribution in [-0.2, 0) is 4.79 Å². The van der Waals surface area contributed by atoms with Gasteiger partial charge in [-0.25, -0.2) is 0 Å². The van der Waals surface area contributed by atoms with Gasteiger partial charge in [-0.1, -0.05) is 0 Å². The number of nitrogens with two attached hydrogens (primary N) is 1. The summed E-state index contributed by atoms with van der Waals surface area (Å²) in [5.74, 6) is 1.22. The quantitative estimate of drug-likeness (QED) is 0.867. The van der Waals surface area contributed by atoms with Gasteiger partial charge in [0.15, 0.2) is 0 Å². The Kier molecular flexibility index (Phi) is 3.27. The van der Waals surface area contributed by atoms with Crippen LogP contribution in [-0.4, -0.2) is 16.9 Å². The van der Waals surface area contributed by atoms with E-state index in [0.29, 0.717) is 11.8 Å². The molecule has 2 saturated carbocycles. The number of carbonyl (C=O) groups is 1. The predicted molar refractivity (Wildman–Crippen MR) is 73.1 cm³/mol. The monoisotopic (exact) mass is 259 g/mol. The van der Waals surface area contributed by atoms with Gasteiger partial charge in [0, 0.05) is 18.4 Å². The summed E-state index contributed by atoms with van der Waals surface area (Å²) in [4.78, 5) is 16.4. The molecule has 0 spiro atoms. The fraction of sp³-hybridized carbons (Fsp3) is 0.600. The molecule has 0 radical (unpaired) electrons. The molecular formula is C15H21N3O. The molecule has 4 heteroatoms. The maximum Gasteiger partial charge on any atom is 0.225 e. The Labute approximate surface area is 113 Å². The van der Waals surface area contributed by atoms with Crippen LogP contribution in [0.1, 0.15) is 37.8 Å². The van der Waals surface area contributed by atoms with Gasteiger partial charge in [-0.05, 0) is 55.7 Å². The second-order valence-corrected chi connectivity index (χ2v) is 5.95. The van der Waals surface area contributed by atoms with Crippen molar-refractivity contribution < 1.29 is 4.79 Å². The van der Waals surface area contributed by atoms with Crippen molar-refractivity contribution in [2.45, 2.75) is 38.3 Å². The summed E-state index contributed by atoms with van der Waals surface area (Å²) in [6, 6.07) is 3.95. The van der Waals surface area contributed by atoms with Crippen LogP contribution in [0.3, 0.4) is 0 Å². The fourth-order valence-corrected chi connectivity index (χ4v) is 3.77. The average Bonchev–Trinajstić information content (AvgIpc) is 3.00. The number of nitrogens with zero attached hydrogens (tertiary/aromatic N) is 1. The summed E-state index contributed by atoms with van der Waals surface area (Å²) in [5, 5.41) is 3.11. The normalized spacial score (nSPS) is 34.2. The van der Waals surface area contributed by atoms with Crippen LogP contribution in [0.15, 0.2) is 24.5 Å². The highest BCUT2D eigenvalue weighted by Crippen LogP contribution is 2.47. The molecular weight excluding hydrogens is 238 g/mol. The van der Waals surface area contributed by atoms with Gasteiger partial charge in [-0.3, -0.25) is 9.78 Å². The van der Waals surface area contributed by atoms with E-state index in [1.54, 1.807) is 12.4 Å². The zero-order chi connectivity index (χ0) is 13.4. The number of amides is 1.